The molecule has 156 valence electrons. The molecule has 1 aliphatic rings. The van der Waals surface area contributed by atoms with Crippen LogP contribution < -0.4 is 15.7 Å². The van der Waals surface area contributed by atoms with Crippen molar-refractivity contribution in [2.45, 2.75) is 71.3 Å². The Hall–Kier alpha value is -1.93. The number of anilines is 1. The second-order valence-electron chi connectivity index (χ2n) is 7.04. The van der Waals surface area contributed by atoms with Crippen LogP contribution in [0.15, 0.2) is 0 Å². The molecule has 0 radical (unpaired) electrons. The van der Waals surface area contributed by atoms with Gasteiger partial charge in [-0.2, -0.15) is 0 Å². The van der Waals surface area contributed by atoms with Crippen LogP contribution in [-0.2, 0) is 27.2 Å². The molecule has 0 bridgehead atoms. The number of carboxylic acid groups (broad SMARTS) is 1. The fourth-order valence-electron chi connectivity index (χ4n) is 3.43. The Morgan fingerprint density at radius 3 is 2.64 bits per heavy atom. The molecule has 28 heavy (non-hydrogen) atoms. The predicted molar refractivity (Wildman–Crippen MR) is 105 cm³/mol. The van der Waals surface area contributed by atoms with Gasteiger partial charge in [-0.25, -0.2) is 4.79 Å². The van der Waals surface area contributed by atoms with Crippen LogP contribution in [0, 0.1) is 0 Å². The molecule has 1 heterocycles. The number of hydrogen-bond donors (Lipinski definition) is 2. The summed E-state index contributed by atoms with van der Waals surface area (Å²) in [5.74, 6) is -2.10. The summed E-state index contributed by atoms with van der Waals surface area (Å²) in [6.45, 7) is 4.72. The molecule has 0 saturated heterocycles. The summed E-state index contributed by atoms with van der Waals surface area (Å²) in [5, 5.41) is 16.3. The number of aliphatic carboxylic acids is 1. The van der Waals surface area contributed by atoms with E-state index in [0.717, 1.165) is 55.4 Å². The Balaban J connectivity index is 2.08. The van der Waals surface area contributed by atoms with E-state index in [0.29, 0.717) is 17.1 Å². The number of rotatable bonds is 11. The number of ether oxygens (including phenoxy) is 1. The molecule has 1 atom stereocenters. The van der Waals surface area contributed by atoms with Crippen LogP contribution >= 0.6 is 11.3 Å². The lowest BCUT2D eigenvalue weighted by molar-refractivity contribution is -0.682. The van der Waals surface area contributed by atoms with E-state index in [1.165, 1.54) is 11.3 Å². The smallest absolute Gasteiger partial charge is 0.341 e. The number of carbonyl (C=O) groups excluding carboxylic acids is 3. The lowest BCUT2D eigenvalue weighted by atomic mass is 9.95. The number of fused-ring (bicyclic) bond motifs is 1. The number of nitrogens with one attached hydrogen (secondary N) is 1. The van der Waals surface area contributed by atoms with Crippen molar-refractivity contribution in [3.8, 4) is 0 Å². The van der Waals surface area contributed by atoms with Crippen LogP contribution in [0.3, 0.4) is 0 Å². The molecule has 3 N–H and O–H groups in total. The number of quaternary nitrogens is 1. The number of amides is 1. The molecule has 1 aromatic rings. The van der Waals surface area contributed by atoms with Gasteiger partial charge in [0.2, 0.25) is 5.91 Å². The Kier molecular flexibility index (Phi) is 8.92. The molecule has 0 spiro atoms. The number of esters is 1. The van der Waals surface area contributed by atoms with Gasteiger partial charge in [0.1, 0.15) is 11.0 Å². The highest BCUT2D eigenvalue weighted by atomic mass is 32.1. The van der Waals surface area contributed by atoms with Crippen molar-refractivity contribution in [2.75, 3.05) is 18.5 Å². The van der Waals surface area contributed by atoms with E-state index >= 15 is 0 Å². The van der Waals surface area contributed by atoms with Crippen LogP contribution in [0.25, 0.3) is 0 Å². The molecule has 0 saturated carbocycles. The van der Waals surface area contributed by atoms with Gasteiger partial charge in [-0.3, -0.25) is 4.79 Å². The number of unbranched alkanes of at least 4 members (excludes halogenated alkanes) is 2. The van der Waals surface area contributed by atoms with Gasteiger partial charge >= 0.3 is 5.97 Å². The molecule has 1 amide bonds. The molecule has 0 aromatic carbocycles. The molecule has 8 heteroatoms. The van der Waals surface area contributed by atoms with Gasteiger partial charge in [-0.1, -0.05) is 13.3 Å². The summed E-state index contributed by atoms with van der Waals surface area (Å²) in [4.78, 5) is 37.4. The van der Waals surface area contributed by atoms with Crippen LogP contribution in [0.5, 0.6) is 0 Å². The zero-order valence-corrected chi connectivity index (χ0v) is 17.5. The van der Waals surface area contributed by atoms with Gasteiger partial charge in [-0.05, 0) is 51.0 Å². The topological polar surface area (TPSA) is 112 Å². The Morgan fingerprint density at radius 1 is 1.21 bits per heavy atom. The van der Waals surface area contributed by atoms with Gasteiger partial charge in [0, 0.05) is 4.88 Å². The van der Waals surface area contributed by atoms with Crippen molar-refractivity contribution < 1.29 is 29.5 Å². The molecule has 7 nitrogen and oxygen atoms in total. The van der Waals surface area contributed by atoms with Crippen LogP contribution in [0.4, 0.5) is 5.00 Å². The maximum absolute atomic E-state index is 12.5. The van der Waals surface area contributed by atoms with Crippen LogP contribution in [0.1, 0.15) is 73.2 Å². The average molecular weight is 411 g/mol. The third kappa shape index (κ3) is 6.04. The lowest BCUT2D eigenvalue weighted by Gasteiger charge is -2.16. The van der Waals surface area contributed by atoms with Gasteiger partial charge < -0.3 is 25.3 Å². The van der Waals surface area contributed by atoms with Crippen molar-refractivity contribution in [2.24, 2.45) is 0 Å². The van der Waals surface area contributed by atoms with Crippen molar-refractivity contribution >= 4 is 34.2 Å². The van der Waals surface area contributed by atoms with Crippen LogP contribution in [0.2, 0.25) is 0 Å². The number of nitrogens with two attached hydrogens (primary N) is 1. The maximum Gasteiger partial charge on any atom is 0.341 e. The quantitative estimate of drug-likeness (QED) is 0.418. The summed E-state index contributed by atoms with van der Waals surface area (Å²) in [6, 6.07) is -0.933. The van der Waals surface area contributed by atoms with Gasteiger partial charge in [0.05, 0.1) is 31.1 Å². The molecular formula is C20H30N2O5S. The average Bonchev–Trinajstić information content (AvgIpc) is 3.01. The van der Waals surface area contributed by atoms with E-state index in [1.54, 1.807) is 12.2 Å². The SMILES string of the molecule is CCCCC[NH2+][C@@H](CC(=O)Nc1sc2c(c1C(=O)OCC)CCCC2)C(=O)[O-]. The maximum atomic E-state index is 12.5. The Labute approximate surface area is 169 Å². The number of aryl methyl sites for hydroxylation is 1. The highest BCUT2D eigenvalue weighted by Gasteiger charge is 2.28. The van der Waals surface area contributed by atoms with Gasteiger partial charge in [0.15, 0.2) is 0 Å². The normalized spacial score (nSPS) is 14.2. The fraction of sp³-hybridized carbons (Fsp3) is 0.650. The third-order valence-electron chi connectivity index (χ3n) is 4.87. The minimum atomic E-state index is -1.25. The number of carbonyl (C=O) groups is 3. The van der Waals surface area contributed by atoms with Crippen molar-refractivity contribution in [1.29, 1.82) is 0 Å². The van der Waals surface area contributed by atoms with E-state index in [-0.39, 0.29) is 13.0 Å². The summed E-state index contributed by atoms with van der Waals surface area (Å²) >= 11 is 1.40. The lowest BCUT2D eigenvalue weighted by Crippen LogP contribution is -2.93. The van der Waals surface area contributed by atoms with E-state index in [9.17, 15) is 19.5 Å². The standard InChI is InChI=1S/C20H30N2O5S/c1-3-5-8-11-21-14(19(24)25)12-16(23)22-18-17(20(26)27-4-2)13-9-6-7-10-15(13)28-18/h14,21H,3-12H2,1-2H3,(H,22,23)(H,24,25)/t14-/m0/s1. The monoisotopic (exact) mass is 410 g/mol. The molecule has 0 aliphatic heterocycles. The minimum absolute atomic E-state index is 0.195. The van der Waals surface area contributed by atoms with Gasteiger partial charge in [-0.15, -0.1) is 11.3 Å². The van der Waals surface area contributed by atoms with Crippen molar-refractivity contribution in [1.82, 2.24) is 0 Å². The molecular weight excluding hydrogens is 380 g/mol. The molecule has 0 unspecified atom stereocenters. The van der Waals surface area contributed by atoms with Crippen LogP contribution in [-0.4, -0.2) is 37.0 Å². The summed E-state index contributed by atoms with van der Waals surface area (Å²) in [5.41, 5.74) is 1.40. The molecule has 0 fully saturated rings. The van der Waals surface area contributed by atoms with E-state index < -0.39 is 23.9 Å². The molecule has 1 aromatic heterocycles. The largest absolute Gasteiger partial charge is 0.544 e. The second kappa shape index (κ2) is 11.2. The first kappa shape index (κ1) is 22.4. The van der Waals surface area contributed by atoms with E-state index in [1.807, 2.05) is 0 Å². The highest BCUT2D eigenvalue weighted by molar-refractivity contribution is 7.17. The number of thiophene rings is 1. The third-order valence-corrected chi connectivity index (χ3v) is 6.08. The summed E-state index contributed by atoms with van der Waals surface area (Å²) in [7, 11) is 0. The van der Waals surface area contributed by atoms with Crippen molar-refractivity contribution in [3.63, 3.8) is 0 Å². The van der Waals surface area contributed by atoms with Gasteiger partial charge in [0.25, 0.3) is 0 Å². The van der Waals surface area contributed by atoms with Crippen molar-refractivity contribution in [3.05, 3.63) is 16.0 Å². The Morgan fingerprint density at radius 2 is 1.96 bits per heavy atom. The van der Waals surface area contributed by atoms with E-state index in [2.05, 4.69) is 12.2 Å². The summed E-state index contributed by atoms with van der Waals surface area (Å²) in [6.07, 6.45) is 6.51. The second-order valence-corrected chi connectivity index (χ2v) is 8.15. The predicted octanol–water partition coefficient (Wildman–Crippen LogP) is 1.00. The Bertz CT molecular complexity index is 701. The summed E-state index contributed by atoms with van der Waals surface area (Å²) < 4.78 is 5.18. The first-order valence-electron chi connectivity index (χ1n) is 10.1. The molecule has 1 aliphatic carbocycles. The zero-order chi connectivity index (χ0) is 20.5. The fourth-order valence-corrected chi connectivity index (χ4v) is 4.72. The molecule has 2 rings (SSSR count). The van der Waals surface area contributed by atoms with E-state index in [4.69, 9.17) is 4.74 Å². The number of carboxylic acids is 1. The highest BCUT2D eigenvalue weighted by Crippen LogP contribution is 2.38. The number of hydrogen-bond acceptors (Lipinski definition) is 6. The first-order chi connectivity index (χ1) is 13.5. The minimum Gasteiger partial charge on any atom is -0.544 e. The zero-order valence-electron chi connectivity index (χ0n) is 16.7. The first-order valence-corrected chi connectivity index (χ1v) is 10.9.